The lowest BCUT2D eigenvalue weighted by molar-refractivity contribution is -0.137. The maximum absolute atomic E-state index is 12.2. The van der Waals surface area contributed by atoms with E-state index in [0.29, 0.717) is 5.56 Å². The summed E-state index contributed by atoms with van der Waals surface area (Å²) in [5.41, 5.74) is 5.15. The van der Waals surface area contributed by atoms with Crippen LogP contribution in [0.4, 0.5) is 13.2 Å². The molecule has 0 aromatic heterocycles. The summed E-state index contributed by atoms with van der Waals surface area (Å²) in [7, 11) is 0. The van der Waals surface area contributed by atoms with E-state index in [9.17, 15) is 18.0 Å². The van der Waals surface area contributed by atoms with E-state index in [0.717, 1.165) is 12.1 Å². The van der Waals surface area contributed by atoms with Crippen LogP contribution in [-0.2, 0) is 17.4 Å². The topological polar surface area (TPSA) is 43.1 Å². The molecule has 0 spiro atoms. The first-order valence-corrected chi connectivity index (χ1v) is 4.23. The zero-order chi connectivity index (χ0) is 11.5. The quantitative estimate of drug-likeness (QED) is 0.835. The summed E-state index contributed by atoms with van der Waals surface area (Å²) in [6.45, 7) is 0. The van der Waals surface area contributed by atoms with Crippen molar-refractivity contribution in [2.24, 2.45) is 5.73 Å². The third-order valence-electron chi connectivity index (χ3n) is 1.89. The molecule has 81 valence electrons. The molecule has 0 fully saturated rings. The van der Waals surface area contributed by atoms with Gasteiger partial charge < -0.3 is 5.73 Å². The molecule has 0 saturated carbocycles. The largest absolute Gasteiger partial charge is 0.416 e. The normalized spacial score (nSPS) is 13.6. The molecule has 0 aliphatic rings. The summed E-state index contributed by atoms with van der Waals surface area (Å²) in [5.74, 6) is 0. The van der Waals surface area contributed by atoms with Crippen LogP contribution in [0.5, 0.6) is 0 Å². The fraction of sp³-hybridized carbons (Fsp3) is 0.300. The van der Waals surface area contributed by atoms with Gasteiger partial charge in [0.2, 0.25) is 6.29 Å². The average molecular weight is 216 g/mol. The van der Waals surface area contributed by atoms with E-state index < -0.39 is 17.8 Å². The van der Waals surface area contributed by atoms with Crippen LogP contribution in [0.2, 0.25) is 0 Å². The molecule has 0 saturated heterocycles. The standard InChI is InChI=1S/C10H9F3NO/c11-10(12,13)8-3-1-7(2-4-8)5-9(14)6-15/h1-4,9H,5,14H2/t9-/m1/s1. The van der Waals surface area contributed by atoms with E-state index in [1.165, 1.54) is 12.1 Å². The van der Waals surface area contributed by atoms with Gasteiger partial charge in [0, 0.05) is 0 Å². The molecule has 1 aromatic rings. The third-order valence-corrected chi connectivity index (χ3v) is 1.89. The molecule has 0 bridgehead atoms. The van der Waals surface area contributed by atoms with Gasteiger partial charge >= 0.3 is 6.18 Å². The molecule has 15 heavy (non-hydrogen) atoms. The maximum Gasteiger partial charge on any atom is 0.416 e. The molecule has 5 heteroatoms. The zero-order valence-corrected chi connectivity index (χ0v) is 7.71. The van der Waals surface area contributed by atoms with Crippen LogP contribution in [0, 0.1) is 0 Å². The second-order valence-electron chi connectivity index (χ2n) is 3.12. The molecule has 1 radical (unpaired) electrons. The minimum Gasteiger partial charge on any atom is -0.321 e. The lowest BCUT2D eigenvalue weighted by Crippen LogP contribution is -2.24. The molecule has 2 nitrogen and oxygen atoms in total. The van der Waals surface area contributed by atoms with E-state index in [2.05, 4.69) is 0 Å². The minimum atomic E-state index is -4.34. The number of carbonyl (C=O) groups excluding carboxylic acids is 1. The molecule has 0 amide bonds. The molecular formula is C10H9F3NO. The molecule has 2 N–H and O–H groups in total. The maximum atomic E-state index is 12.2. The average Bonchev–Trinajstić information content (AvgIpc) is 2.17. The lowest BCUT2D eigenvalue weighted by Gasteiger charge is -2.08. The Morgan fingerprint density at radius 2 is 1.80 bits per heavy atom. The highest BCUT2D eigenvalue weighted by Crippen LogP contribution is 2.29. The first-order valence-electron chi connectivity index (χ1n) is 4.23. The van der Waals surface area contributed by atoms with Crippen molar-refractivity contribution in [1.82, 2.24) is 0 Å². The number of halogens is 3. The highest BCUT2D eigenvalue weighted by atomic mass is 19.4. The van der Waals surface area contributed by atoms with Crippen molar-refractivity contribution >= 4 is 6.29 Å². The summed E-state index contributed by atoms with van der Waals surface area (Å²) in [6, 6.07) is 3.75. The van der Waals surface area contributed by atoms with Crippen LogP contribution in [0.3, 0.4) is 0 Å². The van der Waals surface area contributed by atoms with Gasteiger partial charge in [0.25, 0.3) is 0 Å². The van der Waals surface area contributed by atoms with Gasteiger partial charge in [0.15, 0.2) is 0 Å². The summed E-state index contributed by atoms with van der Waals surface area (Å²) in [6.07, 6.45) is -2.58. The van der Waals surface area contributed by atoms with Crippen LogP contribution >= 0.6 is 0 Å². The predicted octanol–water partition coefficient (Wildman–Crippen LogP) is 1.68. The first-order chi connectivity index (χ1) is 6.93. The van der Waals surface area contributed by atoms with Gasteiger partial charge in [-0.25, -0.2) is 0 Å². The first kappa shape index (κ1) is 11.7. The van der Waals surface area contributed by atoms with Gasteiger partial charge in [0.1, 0.15) is 0 Å². The molecule has 0 aliphatic heterocycles. The second kappa shape index (κ2) is 4.44. The summed E-state index contributed by atoms with van der Waals surface area (Å²) >= 11 is 0. The fourth-order valence-electron chi connectivity index (χ4n) is 1.13. The smallest absolute Gasteiger partial charge is 0.321 e. The summed E-state index contributed by atoms with van der Waals surface area (Å²) in [4.78, 5) is 10.1. The Morgan fingerprint density at radius 1 is 1.27 bits per heavy atom. The molecule has 1 aromatic carbocycles. The molecular weight excluding hydrogens is 207 g/mol. The minimum absolute atomic E-state index is 0.196. The summed E-state index contributed by atoms with van der Waals surface area (Å²) < 4.78 is 36.5. The van der Waals surface area contributed by atoms with E-state index >= 15 is 0 Å². The number of hydrogen-bond donors (Lipinski definition) is 1. The van der Waals surface area contributed by atoms with E-state index in [4.69, 9.17) is 5.73 Å². The van der Waals surface area contributed by atoms with E-state index in [1.54, 1.807) is 6.29 Å². The Labute approximate surface area is 84.9 Å². The number of alkyl halides is 3. The third kappa shape index (κ3) is 3.36. The fourth-order valence-corrected chi connectivity index (χ4v) is 1.13. The Bertz CT molecular complexity index is 332. The molecule has 1 rings (SSSR count). The molecule has 0 unspecified atom stereocenters. The highest BCUT2D eigenvalue weighted by molar-refractivity contribution is 5.58. The van der Waals surface area contributed by atoms with Gasteiger partial charge in [-0.2, -0.15) is 13.2 Å². The van der Waals surface area contributed by atoms with Crippen LogP contribution in [-0.4, -0.2) is 12.3 Å². The van der Waals surface area contributed by atoms with Crippen molar-refractivity contribution in [2.75, 3.05) is 0 Å². The van der Waals surface area contributed by atoms with Crippen molar-refractivity contribution in [3.63, 3.8) is 0 Å². The van der Waals surface area contributed by atoms with Gasteiger partial charge in [-0.3, -0.25) is 4.79 Å². The van der Waals surface area contributed by atoms with Gasteiger partial charge in [0.05, 0.1) is 11.6 Å². The summed E-state index contributed by atoms with van der Waals surface area (Å²) in [5, 5.41) is 0. The Kier molecular flexibility index (Phi) is 3.47. The zero-order valence-electron chi connectivity index (χ0n) is 7.71. The van der Waals surface area contributed by atoms with Crippen LogP contribution in [0.25, 0.3) is 0 Å². The van der Waals surface area contributed by atoms with Crippen LogP contribution < -0.4 is 5.73 Å². The SMILES string of the molecule is N[C@@H]([C]=O)Cc1ccc(C(F)(F)F)cc1. The van der Waals surface area contributed by atoms with Crippen molar-refractivity contribution in [2.45, 2.75) is 18.6 Å². The van der Waals surface area contributed by atoms with Gasteiger partial charge in [-0.05, 0) is 24.1 Å². The molecule has 0 aliphatic carbocycles. The van der Waals surface area contributed by atoms with Gasteiger partial charge in [-0.15, -0.1) is 0 Å². The van der Waals surface area contributed by atoms with Crippen LogP contribution in [0.15, 0.2) is 24.3 Å². The lowest BCUT2D eigenvalue weighted by atomic mass is 10.1. The van der Waals surface area contributed by atoms with E-state index in [-0.39, 0.29) is 6.42 Å². The van der Waals surface area contributed by atoms with Crippen molar-refractivity contribution in [3.05, 3.63) is 35.4 Å². The Balaban J connectivity index is 2.77. The monoisotopic (exact) mass is 216 g/mol. The second-order valence-corrected chi connectivity index (χ2v) is 3.12. The van der Waals surface area contributed by atoms with E-state index in [1.807, 2.05) is 0 Å². The van der Waals surface area contributed by atoms with Crippen molar-refractivity contribution in [1.29, 1.82) is 0 Å². The molecule has 1 atom stereocenters. The van der Waals surface area contributed by atoms with Crippen molar-refractivity contribution in [3.8, 4) is 0 Å². The number of benzene rings is 1. The number of nitrogens with two attached hydrogens (primary N) is 1. The molecule has 0 heterocycles. The predicted molar refractivity (Wildman–Crippen MR) is 48.8 cm³/mol. The number of hydrogen-bond acceptors (Lipinski definition) is 2. The van der Waals surface area contributed by atoms with Crippen LogP contribution in [0.1, 0.15) is 11.1 Å². The Morgan fingerprint density at radius 3 is 2.20 bits per heavy atom. The number of rotatable bonds is 3. The Hall–Kier alpha value is -1.36. The van der Waals surface area contributed by atoms with Gasteiger partial charge in [-0.1, -0.05) is 12.1 Å². The highest BCUT2D eigenvalue weighted by Gasteiger charge is 2.29. The van der Waals surface area contributed by atoms with Crippen molar-refractivity contribution < 1.29 is 18.0 Å².